The van der Waals surface area contributed by atoms with Gasteiger partial charge in [0.25, 0.3) is 5.91 Å². The van der Waals surface area contributed by atoms with Gasteiger partial charge in [0.1, 0.15) is 5.54 Å². The molecule has 0 heterocycles. The molecule has 6 heteroatoms. The molecule has 1 aromatic rings. The number of carbonyl (C=O) groups excluding carboxylic acids is 1. The Morgan fingerprint density at radius 1 is 1.29 bits per heavy atom. The number of halogens is 3. The number of benzene rings is 1. The van der Waals surface area contributed by atoms with E-state index in [0.29, 0.717) is 12.0 Å². The molecule has 1 fully saturated rings. The Labute approximate surface area is 120 Å². The molecular weight excluding hydrogens is 283 g/mol. The first-order valence-corrected chi connectivity index (χ1v) is 6.47. The number of hydrogen-bond acceptors (Lipinski definition) is 2. The van der Waals surface area contributed by atoms with Crippen LogP contribution in [0.15, 0.2) is 24.3 Å². The van der Waals surface area contributed by atoms with E-state index in [1.165, 1.54) is 12.1 Å². The van der Waals surface area contributed by atoms with Crippen LogP contribution in [0, 0.1) is 11.8 Å². The summed E-state index contributed by atoms with van der Waals surface area (Å²) >= 11 is 0. The summed E-state index contributed by atoms with van der Waals surface area (Å²) in [5.74, 6) is 4.76. The van der Waals surface area contributed by atoms with E-state index in [1.54, 1.807) is 12.1 Å². The summed E-state index contributed by atoms with van der Waals surface area (Å²) in [7, 11) is 0. The smallest absolute Gasteiger partial charge is 0.395 e. The van der Waals surface area contributed by atoms with Gasteiger partial charge in [-0.1, -0.05) is 11.8 Å². The Morgan fingerprint density at radius 2 is 1.90 bits per heavy atom. The largest absolute Gasteiger partial charge is 0.411 e. The Hall–Kier alpha value is -2.00. The van der Waals surface area contributed by atoms with Crippen molar-refractivity contribution in [1.82, 2.24) is 5.32 Å². The van der Waals surface area contributed by atoms with E-state index in [9.17, 15) is 18.0 Å². The molecule has 112 valence electrons. The van der Waals surface area contributed by atoms with Gasteiger partial charge in [0.15, 0.2) is 0 Å². The van der Waals surface area contributed by atoms with Crippen LogP contribution in [-0.2, 0) is 0 Å². The molecule has 0 unspecified atom stereocenters. The van der Waals surface area contributed by atoms with E-state index in [-0.39, 0.29) is 25.0 Å². The fourth-order valence-corrected chi connectivity index (χ4v) is 1.82. The van der Waals surface area contributed by atoms with Gasteiger partial charge >= 0.3 is 6.18 Å². The molecule has 1 saturated carbocycles. The molecule has 1 aromatic carbocycles. The lowest BCUT2D eigenvalue weighted by Gasteiger charge is -2.20. The fourth-order valence-electron chi connectivity index (χ4n) is 1.82. The van der Waals surface area contributed by atoms with E-state index >= 15 is 0 Å². The summed E-state index contributed by atoms with van der Waals surface area (Å²) in [5, 5.41) is 10.7. The minimum Gasteiger partial charge on any atom is -0.395 e. The number of carbonyl (C=O) groups is 1. The van der Waals surface area contributed by atoms with E-state index in [2.05, 4.69) is 17.2 Å². The van der Waals surface area contributed by atoms with Gasteiger partial charge < -0.3 is 10.4 Å². The van der Waals surface area contributed by atoms with Gasteiger partial charge in [-0.3, -0.25) is 4.79 Å². The van der Waals surface area contributed by atoms with Gasteiger partial charge in [-0.15, -0.1) is 0 Å². The lowest BCUT2D eigenvalue weighted by atomic mass is 10.1. The number of aliphatic hydroxyl groups is 1. The van der Waals surface area contributed by atoms with E-state index in [0.717, 1.165) is 0 Å². The molecule has 0 aromatic heterocycles. The van der Waals surface area contributed by atoms with Crippen molar-refractivity contribution in [2.75, 3.05) is 6.61 Å². The van der Waals surface area contributed by atoms with Crippen molar-refractivity contribution in [2.24, 2.45) is 0 Å². The van der Waals surface area contributed by atoms with Crippen LogP contribution in [0.25, 0.3) is 0 Å². The predicted molar refractivity (Wildman–Crippen MR) is 70.5 cm³/mol. The van der Waals surface area contributed by atoms with Crippen LogP contribution in [0.4, 0.5) is 13.2 Å². The van der Waals surface area contributed by atoms with Crippen molar-refractivity contribution >= 4 is 5.91 Å². The highest BCUT2D eigenvalue weighted by Gasteiger charge is 2.64. The van der Waals surface area contributed by atoms with Gasteiger partial charge in [-0.05, 0) is 37.1 Å². The lowest BCUT2D eigenvalue weighted by molar-refractivity contribution is -0.163. The van der Waals surface area contributed by atoms with Crippen molar-refractivity contribution in [3.05, 3.63) is 35.4 Å². The standard InChI is InChI=1S/C15H14F3NO2/c16-15(17,18)14(8-9-14)19-13(21)12-6-4-11(5-7-12)3-1-2-10-20/h4-7,20H,2,8-10H2,(H,19,21). The van der Waals surface area contributed by atoms with E-state index < -0.39 is 17.6 Å². The second-order valence-corrected chi connectivity index (χ2v) is 4.89. The first-order chi connectivity index (χ1) is 9.88. The summed E-state index contributed by atoms with van der Waals surface area (Å²) in [6.07, 6.45) is -4.23. The second kappa shape index (κ2) is 5.78. The molecule has 0 radical (unpaired) electrons. The summed E-state index contributed by atoms with van der Waals surface area (Å²) < 4.78 is 38.3. The van der Waals surface area contributed by atoms with Crippen LogP contribution in [0.2, 0.25) is 0 Å². The zero-order valence-electron chi connectivity index (χ0n) is 11.1. The third kappa shape index (κ3) is 3.56. The highest BCUT2D eigenvalue weighted by molar-refractivity contribution is 5.95. The molecule has 3 nitrogen and oxygen atoms in total. The molecule has 0 atom stereocenters. The maximum Gasteiger partial charge on any atom is 0.411 e. The van der Waals surface area contributed by atoms with Crippen LogP contribution >= 0.6 is 0 Å². The summed E-state index contributed by atoms with van der Waals surface area (Å²) in [6, 6.07) is 5.99. The third-order valence-electron chi connectivity index (χ3n) is 3.26. The highest BCUT2D eigenvalue weighted by Crippen LogP contribution is 2.49. The average molecular weight is 297 g/mol. The number of rotatable bonds is 3. The SMILES string of the molecule is O=C(NC1(C(F)(F)F)CC1)c1ccc(C#CCCO)cc1. The molecule has 0 spiro atoms. The van der Waals surface area contributed by atoms with Crippen LogP contribution in [0.5, 0.6) is 0 Å². The minimum absolute atomic E-state index is 0.0347. The zero-order chi connectivity index (χ0) is 15.5. The maximum atomic E-state index is 12.8. The summed E-state index contributed by atoms with van der Waals surface area (Å²) in [6.45, 7) is -0.0347. The number of aliphatic hydroxyl groups excluding tert-OH is 1. The first kappa shape index (κ1) is 15.4. The average Bonchev–Trinajstić information content (AvgIpc) is 3.20. The molecule has 1 amide bonds. The van der Waals surface area contributed by atoms with Gasteiger partial charge in [-0.25, -0.2) is 0 Å². The van der Waals surface area contributed by atoms with Crippen molar-refractivity contribution in [2.45, 2.75) is 31.0 Å². The summed E-state index contributed by atoms with van der Waals surface area (Å²) in [4.78, 5) is 11.8. The third-order valence-corrected chi connectivity index (χ3v) is 3.26. The van der Waals surface area contributed by atoms with Crippen molar-refractivity contribution in [3.63, 3.8) is 0 Å². The first-order valence-electron chi connectivity index (χ1n) is 6.47. The molecule has 0 aliphatic heterocycles. The molecular formula is C15H14F3NO2. The lowest BCUT2D eigenvalue weighted by Crippen LogP contribution is -2.47. The number of amides is 1. The van der Waals surface area contributed by atoms with Crippen LogP contribution in [0.1, 0.15) is 35.2 Å². The van der Waals surface area contributed by atoms with Crippen LogP contribution < -0.4 is 5.32 Å². The Bertz CT molecular complexity index is 578. The molecule has 1 aliphatic carbocycles. The molecule has 21 heavy (non-hydrogen) atoms. The van der Waals surface area contributed by atoms with Gasteiger partial charge in [0.2, 0.25) is 0 Å². The molecule has 0 bridgehead atoms. The van der Waals surface area contributed by atoms with E-state index in [1.807, 2.05) is 0 Å². The quantitative estimate of drug-likeness (QED) is 0.841. The highest BCUT2D eigenvalue weighted by atomic mass is 19.4. The van der Waals surface area contributed by atoms with Crippen LogP contribution in [0.3, 0.4) is 0 Å². The van der Waals surface area contributed by atoms with Crippen molar-refractivity contribution < 1.29 is 23.1 Å². The normalized spacial score (nSPS) is 15.8. The Balaban J connectivity index is 2.03. The number of alkyl halides is 3. The number of nitrogens with one attached hydrogen (secondary N) is 1. The summed E-state index contributed by atoms with van der Waals surface area (Å²) in [5.41, 5.74) is -1.25. The topological polar surface area (TPSA) is 49.3 Å². The monoisotopic (exact) mass is 297 g/mol. The molecule has 2 N–H and O–H groups in total. The molecule has 2 rings (SSSR count). The Kier molecular flexibility index (Phi) is 4.24. The fraction of sp³-hybridized carbons (Fsp3) is 0.400. The Morgan fingerprint density at radius 3 is 2.38 bits per heavy atom. The minimum atomic E-state index is -4.42. The molecule has 1 aliphatic rings. The van der Waals surface area contributed by atoms with Gasteiger partial charge in [-0.2, -0.15) is 13.2 Å². The second-order valence-electron chi connectivity index (χ2n) is 4.89. The van der Waals surface area contributed by atoms with Crippen molar-refractivity contribution in [1.29, 1.82) is 0 Å². The zero-order valence-corrected chi connectivity index (χ0v) is 11.1. The van der Waals surface area contributed by atoms with Gasteiger partial charge in [0, 0.05) is 17.5 Å². The maximum absolute atomic E-state index is 12.8. The van der Waals surface area contributed by atoms with Crippen LogP contribution in [-0.4, -0.2) is 29.3 Å². The number of hydrogen-bond donors (Lipinski definition) is 2. The predicted octanol–water partition coefficient (Wildman–Crippen LogP) is 2.25. The van der Waals surface area contributed by atoms with Gasteiger partial charge in [0.05, 0.1) is 6.61 Å². The van der Waals surface area contributed by atoms with Crippen molar-refractivity contribution in [3.8, 4) is 11.8 Å². The molecule has 0 saturated heterocycles. The van der Waals surface area contributed by atoms with E-state index in [4.69, 9.17) is 5.11 Å².